The van der Waals surface area contributed by atoms with Crippen molar-refractivity contribution in [2.24, 2.45) is 0 Å². The van der Waals surface area contributed by atoms with Crippen LogP contribution in [0.25, 0.3) is 53.9 Å². The van der Waals surface area contributed by atoms with Gasteiger partial charge in [-0.3, -0.25) is 0 Å². The molecule has 6 aromatic rings. The van der Waals surface area contributed by atoms with Gasteiger partial charge in [-0.1, -0.05) is 24.0 Å². The van der Waals surface area contributed by atoms with E-state index < -0.39 is 11.6 Å². The Balaban J connectivity index is 2.18. The quantitative estimate of drug-likeness (QED) is 0.236. The van der Waals surface area contributed by atoms with Crippen molar-refractivity contribution in [2.75, 3.05) is 0 Å². The predicted octanol–water partition coefficient (Wildman–Crippen LogP) is 6.01. The van der Waals surface area contributed by atoms with Crippen LogP contribution in [0.15, 0.2) is 36.4 Å². The minimum Gasteiger partial charge on any atom is -0.206 e. The Morgan fingerprint density at radius 3 is 1.46 bits per heavy atom. The van der Waals surface area contributed by atoms with E-state index in [-0.39, 0.29) is 5.39 Å². The van der Waals surface area contributed by atoms with Crippen molar-refractivity contribution >= 4 is 53.9 Å². The first-order chi connectivity index (χ1) is 12.6. The standard InChI is InChI=1S/C24H8F2/c1-3-11-7-13-5-6-14-8-12(4-2)16-10-18(26)23-17(25)9-15(11)21-19(13)20(14)22(16)24(21)23/h1-2,5-10H. The summed E-state index contributed by atoms with van der Waals surface area (Å²) in [6.45, 7) is 0. The third-order valence-corrected chi connectivity index (χ3v) is 5.57. The molecule has 0 aliphatic rings. The molecular formula is C24H8F2. The molecule has 0 bridgehead atoms. The fourth-order valence-electron chi connectivity index (χ4n) is 4.60. The maximum atomic E-state index is 14.9. The van der Waals surface area contributed by atoms with Gasteiger partial charge in [0.15, 0.2) is 0 Å². The largest absolute Gasteiger partial charge is 0.206 e. The van der Waals surface area contributed by atoms with Gasteiger partial charge in [-0.25, -0.2) is 8.78 Å². The monoisotopic (exact) mass is 334 g/mol. The first kappa shape index (κ1) is 13.6. The van der Waals surface area contributed by atoms with E-state index in [1.165, 1.54) is 12.1 Å². The van der Waals surface area contributed by atoms with Crippen molar-refractivity contribution < 1.29 is 8.78 Å². The Labute approximate surface area is 147 Å². The maximum Gasteiger partial charge on any atom is 0.134 e. The van der Waals surface area contributed by atoms with E-state index in [9.17, 15) is 8.78 Å². The highest BCUT2D eigenvalue weighted by Gasteiger charge is 2.26. The van der Waals surface area contributed by atoms with Crippen LogP contribution >= 0.6 is 0 Å². The third-order valence-electron chi connectivity index (χ3n) is 5.57. The Morgan fingerprint density at radius 1 is 0.577 bits per heavy atom. The van der Waals surface area contributed by atoms with E-state index in [0.29, 0.717) is 27.3 Å². The van der Waals surface area contributed by atoms with Crippen LogP contribution in [0, 0.1) is 36.3 Å². The summed E-state index contributed by atoms with van der Waals surface area (Å²) in [7, 11) is 0. The fraction of sp³-hybridized carbons (Fsp3) is 0. The normalized spacial score (nSPS) is 12.2. The average Bonchev–Trinajstić information content (AvgIpc) is 3.00. The lowest BCUT2D eigenvalue weighted by atomic mass is 9.95. The molecule has 0 aromatic heterocycles. The van der Waals surface area contributed by atoms with Gasteiger partial charge in [0.2, 0.25) is 0 Å². The summed E-state index contributed by atoms with van der Waals surface area (Å²) in [4.78, 5) is 0. The average molecular weight is 334 g/mol. The summed E-state index contributed by atoms with van der Waals surface area (Å²) in [6.07, 6.45) is 11.4. The van der Waals surface area contributed by atoms with Gasteiger partial charge < -0.3 is 0 Å². The topological polar surface area (TPSA) is 0 Å². The van der Waals surface area contributed by atoms with E-state index in [0.717, 1.165) is 32.3 Å². The molecule has 0 aliphatic heterocycles. The van der Waals surface area contributed by atoms with Gasteiger partial charge in [0, 0.05) is 38.1 Å². The lowest BCUT2D eigenvalue weighted by Gasteiger charge is -2.09. The zero-order chi connectivity index (χ0) is 17.7. The first-order valence-electron chi connectivity index (χ1n) is 8.18. The van der Waals surface area contributed by atoms with Crippen molar-refractivity contribution in [3.63, 3.8) is 0 Å². The summed E-state index contributed by atoms with van der Waals surface area (Å²) < 4.78 is 29.7. The summed E-state index contributed by atoms with van der Waals surface area (Å²) in [5.74, 6) is 4.09. The second kappa shape index (κ2) is 4.13. The molecule has 0 heterocycles. The molecule has 0 fully saturated rings. The van der Waals surface area contributed by atoms with Crippen molar-refractivity contribution in [3.8, 4) is 24.7 Å². The molecule has 0 nitrogen and oxygen atoms in total. The molecule has 26 heavy (non-hydrogen) atoms. The molecule has 0 unspecified atom stereocenters. The van der Waals surface area contributed by atoms with Crippen molar-refractivity contribution in [3.05, 3.63) is 59.2 Å². The highest BCUT2D eigenvalue weighted by molar-refractivity contribution is 6.45. The number of terminal acetylenes is 2. The maximum absolute atomic E-state index is 14.9. The zero-order valence-electron chi connectivity index (χ0n) is 13.4. The molecule has 6 rings (SSSR count). The number of halogens is 2. The minimum atomic E-state index is -0.602. The molecule has 0 amide bonds. The zero-order valence-corrected chi connectivity index (χ0v) is 13.4. The van der Waals surface area contributed by atoms with Gasteiger partial charge in [0.05, 0.1) is 5.39 Å². The summed E-state index contributed by atoms with van der Waals surface area (Å²) in [6, 6.07) is 10.5. The molecule has 0 spiro atoms. The minimum absolute atomic E-state index is 0.00661. The van der Waals surface area contributed by atoms with E-state index >= 15 is 0 Å². The molecule has 0 aliphatic carbocycles. The summed E-state index contributed by atoms with van der Waals surface area (Å²) in [5, 5.41) is 7.45. The van der Waals surface area contributed by atoms with Crippen LogP contribution < -0.4 is 0 Å². The Bertz CT molecular complexity index is 1490. The van der Waals surface area contributed by atoms with Gasteiger partial charge in [-0.2, -0.15) is 0 Å². The number of hydrogen-bond acceptors (Lipinski definition) is 0. The molecule has 118 valence electrons. The fourth-order valence-corrected chi connectivity index (χ4v) is 4.60. The second-order valence-corrected chi connectivity index (χ2v) is 6.71. The molecule has 0 saturated heterocycles. The first-order valence-corrected chi connectivity index (χ1v) is 8.18. The van der Waals surface area contributed by atoms with E-state index in [2.05, 4.69) is 11.8 Å². The van der Waals surface area contributed by atoms with E-state index in [1.54, 1.807) is 0 Å². The SMILES string of the molecule is C#Cc1cc2ccc3cc(C#C)c4cc(F)c5c(F)cc1c1c2c3c4c51. The molecule has 6 aromatic carbocycles. The van der Waals surface area contributed by atoms with E-state index in [4.69, 9.17) is 12.8 Å². The third kappa shape index (κ3) is 1.28. The Morgan fingerprint density at radius 2 is 1.04 bits per heavy atom. The van der Waals surface area contributed by atoms with Gasteiger partial charge in [0.1, 0.15) is 11.6 Å². The summed E-state index contributed by atoms with van der Waals surface area (Å²) >= 11 is 0. The van der Waals surface area contributed by atoms with Crippen LogP contribution in [0.3, 0.4) is 0 Å². The van der Waals surface area contributed by atoms with Crippen LogP contribution in [-0.4, -0.2) is 0 Å². The summed E-state index contributed by atoms with van der Waals surface area (Å²) in [5.41, 5.74) is 1.21. The van der Waals surface area contributed by atoms with E-state index in [1.807, 2.05) is 24.3 Å². The van der Waals surface area contributed by atoms with Gasteiger partial charge >= 0.3 is 0 Å². The molecular weight excluding hydrogens is 326 g/mol. The number of benzene rings is 5. The highest BCUT2D eigenvalue weighted by atomic mass is 19.1. The van der Waals surface area contributed by atoms with Crippen LogP contribution in [0.5, 0.6) is 0 Å². The van der Waals surface area contributed by atoms with Crippen LogP contribution in [0.2, 0.25) is 0 Å². The lowest BCUT2D eigenvalue weighted by Crippen LogP contribution is -1.90. The van der Waals surface area contributed by atoms with Crippen molar-refractivity contribution in [1.82, 2.24) is 0 Å². The molecule has 0 saturated carbocycles. The van der Waals surface area contributed by atoms with Crippen LogP contribution in [0.4, 0.5) is 8.78 Å². The van der Waals surface area contributed by atoms with Crippen LogP contribution in [0.1, 0.15) is 11.1 Å². The number of hydrogen-bond donors (Lipinski definition) is 0. The second-order valence-electron chi connectivity index (χ2n) is 6.71. The van der Waals surface area contributed by atoms with Crippen molar-refractivity contribution in [2.45, 2.75) is 0 Å². The van der Waals surface area contributed by atoms with Crippen molar-refractivity contribution in [1.29, 1.82) is 0 Å². The Kier molecular flexibility index (Phi) is 2.17. The van der Waals surface area contributed by atoms with Gasteiger partial charge in [-0.15, -0.1) is 12.8 Å². The smallest absolute Gasteiger partial charge is 0.134 e. The molecule has 2 heteroatoms. The molecule has 0 radical (unpaired) electrons. The highest BCUT2D eigenvalue weighted by Crippen LogP contribution is 2.50. The molecule has 0 atom stereocenters. The predicted molar refractivity (Wildman–Crippen MR) is 103 cm³/mol. The Hall–Kier alpha value is -3.62. The lowest BCUT2D eigenvalue weighted by molar-refractivity contribution is 0.610. The molecule has 0 N–H and O–H groups in total. The van der Waals surface area contributed by atoms with Crippen LogP contribution in [-0.2, 0) is 0 Å². The van der Waals surface area contributed by atoms with Gasteiger partial charge in [0.25, 0.3) is 0 Å². The number of rotatable bonds is 0. The van der Waals surface area contributed by atoms with Gasteiger partial charge in [-0.05, 0) is 45.8 Å².